The van der Waals surface area contributed by atoms with Gasteiger partial charge in [0.2, 0.25) is 0 Å². The smallest absolute Gasteiger partial charge is 0.133 e. The van der Waals surface area contributed by atoms with Gasteiger partial charge in [0, 0.05) is 18.7 Å². The third kappa shape index (κ3) is 2.48. The van der Waals surface area contributed by atoms with Crippen molar-refractivity contribution < 1.29 is 0 Å². The van der Waals surface area contributed by atoms with Gasteiger partial charge in [-0.25, -0.2) is 9.97 Å². The van der Waals surface area contributed by atoms with Crippen molar-refractivity contribution in [1.29, 1.82) is 0 Å². The molecule has 0 aliphatic rings. The van der Waals surface area contributed by atoms with Crippen LogP contribution in [0, 0.1) is 0 Å². The molecule has 0 radical (unpaired) electrons. The molecule has 0 aromatic carbocycles. The third-order valence-electron chi connectivity index (χ3n) is 2.29. The van der Waals surface area contributed by atoms with E-state index in [1.165, 1.54) is 0 Å². The quantitative estimate of drug-likeness (QED) is 0.947. The summed E-state index contributed by atoms with van der Waals surface area (Å²) in [5, 5.41) is 0. The van der Waals surface area contributed by atoms with E-state index in [4.69, 9.17) is 5.73 Å². The summed E-state index contributed by atoms with van der Waals surface area (Å²) in [6, 6.07) is 5.99. The highest BCUT2D eigenvalue weighted by Gasteiger charge is 2.09. The van der Waals surface area contributed by atoms with Crippen molar-refractivity contribution in [3.8, 4) is 10.6 Å². The predicted octanol–water partition coefficient (Wildman–Crippen LogP) is 3.03. The fourth-order valence-electron chi connectivity index (χ4n) is 1.31. The van der Waals surface area contributed by atoms with Crippen LogP contribution in [-0.2, 0) is 0 Å². The maximum atomic E-state index is 5.61. The molecule has 2 aromatic rings. The molecule has 5 heteroatoms. The molecule has 0 aliphatic heterocycles. The summed E-state index contributed by atoms with van der Waals surface area (Å²) < 4.78 is 1.11. The lowest BCUT2D eigenvalue weighted by molar-refractivity contribution is 0.713. The lowest BCUT2D eigenvalue weighted by atomic mass is 10.1. The summed E-state index contributed by atoms with van der Waals surface area (Å²) in [5.74, 6) is 1.01. The van der Waals surface area contributed by atoms with E-state index in [2.05, 4.69) is 25.9 Å². The van der Waals surface area contributed by atoms with E-state index in [1.54, 1.807) is 17.5 Å². The van der Waals surface area contributed by atoms with Crippen molar-refractivity contribution in [3.05, 3.63) is 34.0 Å². The number of nitrogens with two attached hydrogens (primary N) is 1. The molecule has 0 saturated carbocycles. The molecule has 0 fully saturated rings. The van der Waals surface area contributed by atoms with Gasteiger partial charge >= 0.3 is 0 Å². The number of rotatable bonds is 3. The van der Waals surface area contributed by atoms with Crippen molar-refractivity contribution in [3.63, 3.8) is 0 Å². The molecule has 2 heterocycles. The van der Waals surface area contributed by atoms with Crippen LogP contribution < -0.4 is 5.73 Å². The largest absolute Gasteiger partial charge is 0.330 e. The van der Waals surface area contributed by atoms with E-state index in [-0.39, 0.29) is 5.92 Å². The SMILES string of the molecule is CC(CN)c1nccc(-c2ccc(Br)s2)n1. The molecule has 0 spiro atoms. The van der Waals surface area contributed by atoms with Crippen molar-refractivity contribution >= 4 is 27.3 Å². The van der Waals surface area contributed by atoms with Gasteiger partial charge in [0.05, 0.1) is 14.4 Å². The zero-order valence-electron chi connectivity index (χ0n) is 8.85. The Morgan fingerprint density at radius 3 is 2.88 bits per heavy atom. The highest BCUT2D eigenvalue weighted by molar-refractivity contribution is 9.11. The number of hydrogen-bond acceptors (Lipinski definition) is 4. The van der Waals surface area contributed by atoms with Gasteiger partial charge in [-0.2, -0.15) is 0 Å². The monoisotopic (exact) mass is 297 g/mol. The number of nitrogens with zero attached hydrogens (tertiary/aromatic N) is 2. The van der Waals surface area contributed by atoms with Gasteiger partial charge in [-0.1, -0.05) is 6.92 Å². The zero-order valence-corrected chi connectivity index (χ0v) is 11.3. The Bertz CT molecular complexity index is 484. The maximum Gasteiger partial charge on any atom is 0.133 e. The first-order valence-corrected chi connectivity index (χ1v) is 6.60. The Morgan fingerprint density at radius 1 is 1.44 bits per heavy atom. The minimum Gasteiger partial charge on any atom is -0.330 e. The Labute approximate surface area is 107 Å². The number of hydrogen-bond donors (Lipinski definition) is 1. The van der Waals surface area contributed by atoms with Crippen molar-refractivity contribution in [2.45, 2.75) is 12.8 Å². The molecule has 3 nitrogen and oxygen atoms in total. The topological polar surface area (TPSA) is 51.8 Å². The van der Waals surface area contributed by atoms with Gasteiger partial charge in [0.25, 0.3) is 0 Å². The first-order chi connectivity index (χ1) is 7.70. The average Bonchev–Trinajstić information content (AvgIpc) is 2.75. The van der Waals surface area contributed by atoms with Gasteiger partial charge in [0.1, 0.15) is 5.82 Å². The fraction of sp³-hybridized carbons (Fsp3) is 0.273. The van der Waals surface area contributed by atoms with Crippen LogP contribution in [0.3, 0.4) is 0 Å². The van der Waals surface area contributed by atoms with Gasteiger partial charge < -0.3 is 5.73 Å². The average molecular weight is 298 g/mol. The molecule has 16 heavy (non-hydrogen) atoms. The number of thiophene rings is 1. The van der Waals surface area contributed by atoms with E-state index >= 15 is 0 Å². The summed E-state index contributed by atoms with van der Waals surface area (Å²) in [6.45, 7) is 2.60. The Balaban J connectivity index is 2.36. The maximum absolute atomic E-state index is 5.61. The molecular formula is C11H12BrN3S. The van der Waals surface area contributed by atoms with Crippen LogP contribution >= 0.6 is 27.3 Å². The molecule has 2 rings (SSSR count). The normalized spacial score (nSPS) is 12.7. The third-order valence-corrected chi connectivity index (χ3v) is 3.94. The van der Waals surface area contributed by atoms with Gasteiger partial charge in [0.15, 0.2) is 0 Å². The molecule has 0 bridgehead atoms. The summed E-state index contributed by atoms with van der Waals surface area (Å²) in [4.78, 5) is 9.91. The van der Waals surface area contributed by atoms with Crippen LogP contribution in [0.2, 0.25) is 0 Å². The van der Waals surface area contributed by atoms with Crippen LogP contribution in [0.25, 0.3) is 10.6 Å². The standard InChI is InChI=1S/C11H12BrN3S/c1-7(6-13)11-14-5-4-8(15-11)9-2-3-10(12)16-9/h2-5,7H,6,13H2,1H3. The molecule has 2 aromatic heterocycles. The lowest BCUT2D eigenvalue weighted by Gasteiger charge is -2.07. The number of halogens is 1. The van der Waals surface area contributed by atoms with Crippen LogP contribution in [0.5, 0.6) is 0 Å². The molecular weight excluding hydrogens is 286 g/mol. The molecule has 2 N–H and O–H groups in total. The van der Waals surface area contributed by atoms with Crippen LogP contribution in [0.15, 0.2) is 28.2 Å². The Hall–Kier alpha value is -0.780. The van der Waals surface area contributed by atoms with Gasteiger partial charge in [-0.15, -0.1) is 11.3 Å². The molecule has 1 unspecified atom stereocenters. The van der Waals surface area contributed by atoms with E-state index in [1.807, 2.05) is 25.1 Å². The molecule has 0 aliphatic carbocycles. The zero-order chi connectivity index (χ0) is 11.5. The van der Waals surface area contributed by atoms with Gasteiger partial charge in [-0.05, 0) is 34.1 Å². The summed E-state index contributed by atoms with van der Waals surface area (Å²) in [6.07, 6.45) is 1.79. The minimum absolute atomic E-state index is 0.198. The van der Waals surface area contributed by atoms with E-state index in [0.717, 1.165) is 20.2 Å². The number of aromatic nitrogens is 2. The molecule has 0 saturated heterocycles. The summed E-state index contributed by atoms with van der Waals surface area (Å²) in [5.41, 5.74) is 6.57. The van der Waals surface area contributed by atoms with Crippen molar-refractivity contribution in [2.24, 2.45) is 5.73 Å². The molecule has 1 atom stereocenters. The van der Waals surface area contributed by atoms with E-state index in [0.29, 0.717) is 6.54 Å². The summed E-state index contributed by atoms with van der Waals surface area (Å²) >= 11 is 5.11. The minimum atomic E-state index is 0.198. The van der Waals surface area contributed by atoms with E-state index < -0.39 is 0 Å². The van der Waals surface area contributed by atoms with Crippen LogP contribution in [0.4, 0.5) is 0 Å². The first kappa shape index (κ1) is 11.7. The predicted molar refractivity (Wildman–Crippen MR) is 70.5 cm³/mol. The van der Waals surface area contributed by atoms with Crippen molar-refractivity contribution in [1.82, 2.24) is 9.97 Å². The van der Waals surface area contributed by atoms with Crippen LogP contribution in [-0.4, -0.2) is 16.5 Å². The van der Waals surface area contributed by atoms with Crippen LogP contribution in [0.1, 0.15) is 18.7 Å². The first-order valence-electron chi connectivity index (χ1n) is 4.99. The Kier molecular flexibility index (Phi) is 3.68. The second kappa shape index (κ2) is 5.03. The Morgan fingerprint density at radius 2 is 2.25 bits per heavy atom. The second-order valence-electron chi connectivity index (χ2n) is 3.54. The molecule has 84 valence electrons. The second-order valence-corrected chi connectivity index (χ2v) is 6.00. The van der Waals surface area contributed by atoms with Crippen molar-refractivity contribution in [2.75, 3.05) is 6.54 Å². The highest BCUT2D eigenvalue weighted by Crippen LogP contribution is 2.30. The molecule has 0 amide bonds. The van der Waals surface area contributed by atoms with Gasteiger partial charge in [-0.3, -0.25) is 0 Å². The van der Waals surface area contributed by atoms with E-state index in [9.17, 15) is 0 Å². The fourth-order valence-corrected chi connectivity index (χ4v) is 2.66. The summed E-state index contributed by atoms with van der Waals surface area (Å²) in [7, 11) is 0. The lowest BCUT2D eigenvalue weighted by Crippen LogP contribution is -2.12. The highest BCUT2D eigenvalue weighted by atomic mass is 79.9.